The molecule has 0 amide bonds. The summed E-state index contributed by atoms with van der Waals surface area (Å²) in [7, 11) is -4.67. The molecule has 0 aromatic heterocycles. The third-order valence-corrected chi connectivity index (χ3v) is 0. The molecule has 44 valence electrons. The van der Waals surface area contributed by atoms with E-state index < -0.39 is 10.4 Å². The van der Waals surface area contributed by atoms with Crippen molar-refractivity contribution < 1.29 is 54.3 Å². The van der Waals surface area contributed by atoms with Crippen LogP contribution in [-0.2, 0) is 26.9 Å². The molecule has 0 aromatic carbocycles. The Balaban J connectivity index is -0.0000000267. The fourth-order valence-corrected chi connectivity index (χ4v) is 0. The van der Waals surface area contributed by atoms with Crippen molar-refractivity contribution in [2.45, 2.75) is 0 Å². The Morgan fingerprint density at radius 2 is 1.29 bits per heavy atom. The first-order chi connectivity index (χ1) is 2.00. The minimum absolute atomic E-state index is 0. The summed E-state index contributed by atoms with van der Waals surface area (Å²) in [4.78, 5) is 0. The molecule has 0 atom stereocenters. The monoisotopic (exact) mass is 164 g/mol. The van der Waals surface area contributed by atoms with E-state index in [0.29, 0.717) is 0 Å². The van der Waals surface area contributed by atoms with Gasteiger partial charge in [0, 0.05) is 16.5 Å². The fraction of sp³-hybridized carbons (Fsp3) is 0. The van der Waals surface area contributed by atoms with E-state index in [2.05, 4.69) is 0 Å². The second-order valence-electron chi connectivity index (χ2n) is 0.448. The van der Waals surface area contributed by atoms with Crippen LogP contribution in [0.15, 0.2) is 0 Å². The van der Waals surface area contributed by atoms with Crippen LogP contribution in [0.25, 0.3) is 0 Å². The summed E-state index contributed by atoms with van der Waals surface area (Å²) < 4.78 is 31.6. The van der Waals surface area contributed by atoms with Gasteiger partial charge in [0.1, 0.15) is 0 Å². The predicted octanol–water partition coefficient (Wildman–Crippen LogP) is -3.54. The third-order valence-electron chi connectivity index (χ3n) is 0. The molecule has 0 saturated heterocycles. The van der Waals surface area contributed by atoms with Gasteiger partial charge < -0.3 is 1.43 Å². The molecule has 0 heterocycles. The average molecular weight is 165 g/mol. The standard InChI is InChI=1S/Li.Ni.H2O4S.H/c;;1-5(2,3)4;/h;;(H2,1,2,3,4);/q+1;;;-1. The molecule has 0 rings (SSSR count). The van der Waals surface area contributed by atoms with Crippen molar-refractivity contribution >= 4 is 10.4 Å². The van der Waals surface area contributed by atoms with E-state index in [4.69, 9.17) is 17.5 Å². The van der Waals surface area contributed by atoms with Crippen molar-refractivity contribution in [3.05, 3.63) is 0 Å². The summed E-state index contributed by atoms with van der Waals surface area (Å²) >= 11 is 0. The van der Waals surface area contributed by atoms with Gasteiger partial charge >= 0.3 is 29.3 Å². The van der Waals surface area contributed by atoms with Gasteiger partial charge in [0.15, 0.2) is 0 Å². The molecular formula is H3LiNiO4S. The molecule has 0 aliphatic carbocycles. The summed E-state index contributed by atoms with van der Waals surface area (Å²) in [5.74, 6) is 0. The van der Waals surface area contributed by atoms with Crippen molar-refractivity contribution in [1.29, 1.82) is 0 Å². The molecule has 2 N–H and O–H groups in total. The predicted molar refractivity (Wildman–Crippen MR) is 15.3 cm³/mol. The molecule has 0 radical (unpaired) electrons. The molecule has 0 fully saturated rings. The van der Waals surface area contributed by atoms with E-state index in [1.165, 1.54) is 0 Å². The zero-order chi connectivity index (χ0) is 4.50. The van der Waals surface area contributed by atoms with Crippen molar-refractivity contribution in [2.75, 3.05) is 0 Å². The topological polar surface area (TPSA) is 74.6 Å². The molecule has 7 heavy (non-hydrogen) atoms. The van der Waals surface area contributed by atoms with Crippen molar-refractivity contribution in [2.24, 2.45) is 0 Å². The molecule has 0 unspecified atom stereocenters. The third kappa shape index (κ3) is 186. The Bertz CT molecular complexity index is 99.2. The van der Waals surface area contributed by atoms with Crippen LogP contribution in [0.1, 0.15) is 1.43 Å². The van der Waals surface area contributed by atoms with Gasteiger partial charge in [0.2, 0.25) is 0 Å². The van der Waals surface area contributed by atoms with Crippen LogP contribution in [0, 0.1) is 0 Å². The summed E-state index contributed by atoms with van der Waals surface area (Å²) in [5, 5.41) is 0. The Labute approximate surface area is 64.8 Å². The maximum Gasteiger partial charge on any atom is 1.00 e. The van der Waals surface area contributed by atoms with Crippen LogP contribution >= 0.6 is 0 Å². The van der Waals surface area contributed by atoms with Crippen molar-refractivity contribution in [3.63, 3.8) is 0 Å². The number of hydrogen-bond donors (Lipinski definition) is 2. The minimum atomic E-state index is -4.67. The van der Waals surface area contributed by atoms with E-state index in [9.17, 15) is 0 Å². The normalized spacial score (nSPS) is 8.29. The Morgan fingerprint density at radius 3 is 1.29 bits per heavy atom. The molecule has 0 aliphatic heterocycles. The second kappa shape index (κ2) is 5.10. The SMILES string of the molecule is O=S(=O)(O)O.[H-].[Li+].[Ni]. The summed E-state index contributed by atoms with van der Waals surface area (Å²) in [5.41, 5.74) is 0. The fourth-order valence-electron chi connectivity index (χ4n) is 0. The molecule has 0 aromatic rings. The van der Waals surface area contributed by atoms with E-state index in [1.54, 1.807) is 0 Å². The first kappa shape index (κ1) is 15.7. The zero-order valence-electron chi connectivity index (χ0n) is 4.44. The van der Waals surface area contributed by atoms with Crippen LogP contribution in [0.4, 0.5) is 0 Å². The van der Waals surface area contributed by atoms with Crippen LogP contribution < -0.4 is 18.9 Å². The van der Waals surface area contributed by atoms with E-state index >= 15 is 0 Å². The average Bonchev–Trinajstić information content (AvgIpc) is 0.722. The number of hydrogen-bond acceptors (Lipinski definition) is 2. The first-order valence-electron chi connectivity index (χ1n) is 0.698. The molecule has 0 aliphatic rings. The van der Waals surface area contributed by atoms with Gasteiger partial charge in [-0.05, 0) is 0 Å². The Hall–Kier alpha value is 0.961. The van der Waals surface area contributed by atoms with Crippen molar-refractivity contribution in [1.82, 2.24) is 0 Å². The molecule has 4 nitrogen and oxygen atoms in total. The number of rotatable bonds is 0. The molecule has 0 bridgehead atoms. The zero-order valence-corrected chi connectivity index (χ0v) is 5.24. The Kier molecular flexibility index (Phi) is 11.4. The van der Waals surface area contributed by atoms with Crippen LogP contribution in [-0.4, -0.2) is 17.5 Å². The van der Waals surface area contributed by atoms with Crippen LogP contribution in [0.5, 0.6) is 0 Å². The molecule has 0 spiro atoms. The molecule has 0 saturated carbocycles. The summed E-state index contributed by atoms with van der Waals surface area (Å²) in [6.45, 7) is 0. The maximum atomic E-state index is 8.74. The van der Waals surface area contributed by atoms with Gasteiger partial charge in [-0.15, -0.1) is 0 Å². The van der Waals surface area contributed by atoms with E-state index in [1.807, 2.05) is 0 Å². The van der Waals surface area contributed by atoms with Gasteiger partial charge in [0.25, 0.3) is 0 Å². The van der Waals surface area contributed by atoms with E-state index in [-0.39, 0.29) is 36.8 Å². The largest absolute Gasteiger partial charge is 1.00 e. The maximum absolute atomic E-state index is 8.74. The summed E-state index contributed by atoms with van der Waals surface area (Å²) in [6.07, 6.45) is 0. The van der Waals surface area contributed by atoms with Gasteiger partial charge in [0.05, 0.1) is 0 Å². The molecule has 7 heteroatoms. The van der Waals surface area contributed by atoms with Gasteiger partial charge in [-0.1, -0.05) is 0 Å². The summed E-state index contributed by atoms with van der Waals surface area (Å²) in [6, 6.07) is 0. The van der Waals surface area contributed by atoms with Gasteiger partial charge in [-0.25, -0.2) is 0 Å². The Morgan fingerprint density at radius 1 is 1.29 bits per heavy atom. The second-order valence-corrected chi connectivity index (χ2v) is 1.34. The van der Waals surface area contributed by atoms with Gasteiger partial charge in [-0.2, -0.15) is 8.42 Å². The quantitative estimate of drug-likeness (QED) is 0.288. The van der Waals surface area contributed by atoms with Crippen LogP contribution in [0.2, 0.25) is 0 Å². The van der Waals surface area contributed by atoms with Crippen LogP contribution in [0.3, 0.4) is 0 Å². The van der Waals surface area contributed by atoms with Crippen molar-refractivity contribution in [3.8, 4) is 0 Å². The first-order valence-corrected chi connectivity index (χ1v) is 2.10. The smallest absolute Gasteiger partial charge is 1.00 e. The van der Waals surface area contributed by atoms with Gasteiger partial charge in [-0.3, -0.25) is 9.11 Å². The van der Waals surface area contributed by atoms with E-state index in [0.717, 1.165) is 0 Å². The minimum Gasteiger partial charge on any atom is -1.00 e. The molecular weight excluding hydrogens is 162 g/mol.